The molecular formula is C44H26O2. The van der Waals surface area contributed by atoms with Crippen molar-refractivity contribution in [1.82, 2.24) is 0 Å². The van der Waals surface area contributed by atoms with E-state index in [1.54, 1.807) is 0 Å². The van der Waals surface area contributed by atoms with Crippen LogP contribution in [-0.4, -0.2) is 0 Å². The molecule has 2 heteroatoms. The number of furan rings is 2. The molecule has 0 spiro atoms. The van der Waals surface area contributed by atoms with Crippen LogP contribution in [0.2, 0.25) is 0 Å². The van der Waals surface area contributed by atoms with E-state index >= 15 is 0 Å². The van der Waals surface area contributed by atoms with Crippen molar-refractivity contribution < 1.29 is 15.7 Å². The summed E-state index contributed by atoms with van der Waals surface area (Å²) in [5.74, 6) is 0. The molecule has 0 saturated carbocycles. The van der Waals surface area contributed by atoms with Crippen molar-refractivity contribution in [2.24, 2.45) is 0 Å². The molecule has 0 N–H and O–H groups in total. The summed E-state index contributed by atoms with van der Waals surface area (Å²) in [6.45, 7) is 0. The van der Waals surface area contributed by atoms with Crippen LogP contribution in [0.15, 0.2) is 166 Å². The molecule has 10 rings (SSSR count). The molecule has 0 unspecified atom stereocenters. The predicted molar refractivity (Wildman–Crippen MR) is 192 cm³/mol. The van der Waals surface area contributed by atoms with E-state index in [2.05, 4.69) is 66.7 Å². The van der Waals surface area contributed by atoms with E-state index in [1.807, 2.05) is 60.7 Å². The number of hydrogen-bond donors (Lipinski definition) is 0. The van der Waals surface area contributed by atoms with Crippen molar-refractivity contribution in [3.8, 4) is 33.4 Å². The Balaban J connectivity index is 1.38. The minimum Gasteiger partial charge on any atom is -0.455 e. The fraction of sp³-hybridized carbons (Fsp3) is 0. The monoisotopic (exact) mass is 591 g/mol. The second kappa shape index (κ2) is 9.69. The Hall–Kier alpha value is -6.12. The first-order valence-corrected chi connectivity index (χ1v) is 15.3. The standard InChI is InChI=1S/C44H26O2/c1-2-13-28(14-3-1)31-24-25-36(43-40(31)34-18-8-10-20-37(34)45-43)41-33-17-7-6-16-32(33)39(30-23-22-27-12-4-5-15-29(27)26-30)42-35-19-9-11-21-38(35)46-44(41)42/h1-26H/i1D,2D,3D,13D,14D. The third-order valence-electron chi connectivity index (χ3n) is 9.14. The highest BCUT2D eigenvalue weighted by Gasteiger charge is 2.25. The Morgan fingerprint density at radius 2 is 1.00 bits per heavy atom. The summed E-state index contributed by atoms with van der Waals surface area (Å²) < 4.78 is 56.3. The van der Waals surface area contributed by atoms with Gasteiger partial charge in [0.1, 0.15) is 22.3 Å². The number of rotatable bonds is 3. The summed E-state index contributed by atoms with van der Waals surface area (Å²) in [5, 5.41) is 7.80. The summed E-state index contributed by atoms with van der Waals surface area (Å²) in [4.78, 5) is 0. The van der Waals surface area contributed by atoms with E-state index in [9.17, 15) is 0 Å². The van der Waals surface area contributed by atoms with E-state index in [0.29, 0.717) is 22.1 Å². The number of benzene rings is 8. The van der Waals surface area contributed by atoms with E-state index < -0.39 is 6.04 Å². The molecule has 0 aliphatic carbocycles. The third-order valence-corrected chi connectivity index (χ3v) is 9.14. The van der Waals surface area contributed by atoms with Gasteiger partial charge < -0.3 is 8.83 Å². The van der Waals surface area contributed by atoms with Crippen LogP contribution in [0.5, 0.6) is 0 Å². The zero-order valence-corrected chi connectivity index (χ0v) is 24.4. The van der Waals surface area contributed by atoms with Gasteiger partial charge in [-0.15, -0.1) is 0 Å². The molecule has 0 aliphatic rings. The van der Waals surface area contributed by atoms with Gasteiger partial charge in [0.2, 0.25) is 0 Å². The smallest absolute Gasteiger partial charge is 0.144 e. The van der Waals surface area contributed by atoms with Crippen molar-refractivity contribution >= 4 is 65.4 Å². The quantitative estimate of drug-likeness (QED) is 0.204. The van der Waals surface area contributed by atoms with Crippen molar-refractivity contribution in [2.45, 2.75) is 0 Å². The molecule has 0 atom stereocenters. The molecule has 10 aromatic rings. The summed E-state index contributed by atoms with van der Waals surface area (Å²) in [6.07, 6.45) is 0. The fourth-order valence-electron chi connectivity index (χ4n) is 7.18. The third kappa shape index (κ3) is 3.59. The van der Waals surface area contributed by atoms with E-state index in [-0.39, 0.29) is 29.7 Å². The van der Waals surface area contributed by atoms with Gasteiger partial charge in [0.25, 0.3) is 0 Å². The van der Waals surface area contributed by atoms with Gasteiger partial charge in [-0.3, -0.25) is 0 Å². The summed E-state index contributed by atoms with van der Waals surface area (Å²) in [5.41, 5.74) is 7.11. The van der Waals surface area contributed by atoms with Gasteiger partial charge >= 0.3 is 0 Å². The molecule has 0 fully saturated rings. The van der Waals surface area contributed by atoms with Crippen LogP contribution < -0.4 is 0 Å². The average molecular weight is 592 g/mol. The van der Waals surface area contributed by atoms with Gasteiger partial charge in [-0.2, -0.15) is 0 Å². The molecule has 2 nitrogen and oxygen atoms in total. The summed E-state index contributed by atoms with van der Waals surface area (Å²) in [6, 6.07) is 41.1. The average Bonchev–Trinajstić information content (AvgIpc) is 3.75. The van der Waals surface area contributed by atoms with Crippen LogP contribution in [-0.2, 0) is 0 Å². The molecule has 46 heavy (non-hydrogen) atoms. The van der Waals surface area contributed by atoms with Gasteiger partial charge in [-0.1, -0.05) is 133 Å². The van der Waals surface area contributed by atoms with Gasteiger partial charge in [0.05, 0.1) is 6.85 Å². The summed E-state index contributed by atoms with van der Waals surface area (Å²) >= 11 is 0. The Morgan fingerprint density at radius 1 is 0.413 bits per heavy atom. The normalized spacial score (nSPS) is 13.4. The van der Waals surface area contributed by atoms with Crippen molar-refractivity contribution in [3.05, 3.63) is 158 Å². The first-order chi connectivity index (χ1) is 24.9. The van der Waals surface area contributed by atoms with Crippen LogP contribution in [0.1, 0.15) is 6.85 Å². The van der Waals surface area contributed by atoms with Crippen LogP contribution in [0.25, 0.3) is 98.8 Å². The molecule has 2 heterocycles. The van der Waals surface area contributed by atoms with Crippen LogP contribution in [0, 0.1) is 0 Å². The lowest BCUT2D eigenvalue weighted by atomic mass is 9.86. The lowest BCUT2D eigenvalue weighted by Crippen LogP contribution is -1.90. The molecule has 0 saturated heterocycles. The van der Waals surface area contributed by atoms with Crippen LogP contribution in [0.4, 0.5) is 0 Å². The van der Waals surface area contributed by atoms with Crippen molar-refractivity contribution in [2.75, 3.05) is 0 Å². The van der Waals surface area contributed by atoms with Gasteiger partial charge in [0.15, 0.2) is 0 Å². The molecule has 214 valence electrons. The lowest BCUT2D eigenvalue weighted by Gasteiger charge is -2.16. The highest BCUT2D eigenvalue weighted by Crippen LogP contribution is 2.50. The maximum atomic E-state index is 8.84. The predicted octanol–water partition coefficient (Wildman–Crippen LogP) is 12.8. The first-order valence-electron chi connectivity index (χ1n) is 17.8. The molecule has 0 aliphatic heterocycles. The largest absolute Gasteiger partial charge is 0.455 e. The Kier molecular flexibility index (Phi) is 4.37. The van der Waals surface area contributed by atoms with Crippen molar-refractivity contribution in [1.29, 1.82) is 0 Å². The van der Waals surface area contributed by atoms with E-state index in [4.69, 9.17) is 15.7 Å². The minimum atomic E-state index is -0.427. The Morgan fingerprint density at radius 3 is 1.76 bits per heavy atom. The highest BCUT2D eigenvalue weighted by atomic mass is 16.3. The van der Waals surface area contributed by atoms with Crippen LogP contribution in [0.3, 0.4) is 0 Å². The van der Waals surface area contributed by atoms with E-state index in [1.165, 1.54) is 5.39 Å². The molecule has 8 aromatic carbocycles. The fourth-order valence-corrected chi connectivity index (χ4v) is 7.18. The molecule has 0 amide bonds. The first kappa shape index (κ1) is 20.8. The minimum absolute atomic E-state index is 0.134. The number of para-hydroxylation sites is 2. The maximum absolute atomic E-state index is 8.84. The second-order valence-corrected chi connectivity index (χ2v) is 11.6. The van der Waals surface area contributed by atoms with Gasteiger partial charge in [0, 0.05) is 38.2 Å². The number of hydrogen-bond acceptors (Lipinski definition) is 2. The van der Waals surface area contributed by atoms with Gasteiger partial charge in [-0.25, -0.2) is 0 Å². The van der Waals surface area contributed by atoms with Crippen molar-refractivity contribution in [3.63, 3.8) is 0 Å². The zero-order chi connectivity index (χ0) is 34.5. The Bertz CT molecular complexity index is 3070. The molecule has 0 radical (unpaired) electrons. The van der Waals surface area contributed by atoms with Gasteiger partial charge in [-0.05, 0) is 62.5 Å². The zero-order valence-electron chi connectivity index (χ0n) is 29.4. The maximum Gasteiger partial charge on any atom is 0.144 e. The molecule has 2 aromatic heterocycles. The highest BCUT2D eigenvalue weighted by molar-refractivity contribution is 6.29. The molecule has 0 bridgehead atoms. The molecular weight excluding hydrogens is 560 g/mol. The van der Waals surface area contributed by atoms with E-state index in [0.717, 1.165) is 65.7 Å². The second-order valence-electron chi connectivity index (χ2n) is 11.6. The Labute approximate surface area is 271 Å². The number of fused-ring (bicyclic) bond motifs is 8. The topological polar surface area (TPSA) is 26.3 Å². The SMILES string of the molecule is [2H]c1c([2H])c([2H])c(-c2ccc(-c3c4ccccc4c(-c4ccc5ccccc5c4)c4c3oc3ccccc34)c3oc4ccccc4c23)c([2H])c1[2H]. The summed E-state index contributed by atoms with van der Waals surface area (Å²) in [7, 11) is 0. The lowest BCUT2D eigenvalue weighted by molar-refractivity contribution is 0.665. The van der Waals surface area contributed by atoms with Crippen LogP contribution >= 0.6 is 0 Å².